The molecule has 0 aromatic carbocycles. The molecule has 0 spiro atoms. The van der Waals surface area contributed by atoms with E-state index in [9.17, 15) is 18.0 Å². The lowest BCUT2D eigenvalue weighted by atomic mass is 10.1. The summed E-state index contributed by atoms with van der Waals surface area (Å²) < 4.78 is 22.4. The number of carbonyl (C=O) groups excluding carboxylic acids is 2. The monoisotopic (exact) mass is 233 g/mol. The summed E-state index contributed by atoms with van der Waals surface area (Å²) in [5, 5.41) is 0. The number of hydrogen-bond acceptors (Lipinski definition) is 4. The van der Waals surface area contributed by atoms with Gasteiger partial charge in [-0.15, -0.1) is 0 Å². The van der Waals surface area contributed by atoms with E-state index in [0.29, 0.717) is 13.0 Å². The van der Waals surface area contributed by atoms with E-state index in [1.54, 1.807) is 6.92 Å². The third-order valence-corrected chi connectivity index (χ3v) is 4.16. The van der Waals surface area contributed by atoms with Gasteiger partial charge >= 0.3 is 0 Å². The molecule has 0 aromatic rings. The number of likely N-dealkylation sites (tertiary alicyclic amines) is 1. The maximum Gasteiger partial charge on any atom is 0.230 e. The van der Waals surface area contributed by atoms with Crippen LogP contribution in [0.1, 0.15) is 19.8 Å². The summed E-state index contributed by atoms with van der Waals surface area (Å²) in [6, 6.07) is 0. The van der Waals surface area contributed by atoms with Crippen LogP contribution in [-0.4, -0.2) is 49.6 Å². The molecule has 1 amide bonds. The highest BCUT2D eigenvalue weighted by atomic mass is 32.2. The minimum Gasteiger partial charge on any atom is -0.341 e. The van der Waals surface area contributed by atoms with Crippen LogP contribution in [0.2, 0.25) is 0 Å². The number of piperidine rings is 1. The summed E-state index contributed by atoms with van der Waals surface area (Å²) in [5.74, 6) is -0.232. The summed E-state index contributed by atoms with van der Waals surface area (Å²) in [6.45, 7) is 2.15. The number of carbonyl (C=O) groups is 2. The molecule has 6 heteroatoms. The molecule has 0 atom stereocenters. The van der Waals surface area contributed by atoms with Crippen LogP contribution in [0.25, 0.3) is 0 Å². The Balaban J connectivity index is 2.46. The molecule has 0 radical (unpaired) electrons. The van der Waals surface area contributed by atoms with Gasteiger partial charge in [-0.1, -0.05) is 6.92 Å². The average molecular weight is 233 g/mol. The Hall–Kier alpha value is -0.910. The van der Waals surface area contributed by atoms with Crippen molar-refractivity contribution in [1.82, 2.24) is 4.90 Å². The third kappa shape index (κ3) is 3.62. The number of Topliss-reactive ketones (excluding diaryl/α,β-unsaturated/α-hetero) is 1. The maximum atomic E-state index is 11.3. The van der Waals surface area contributed by atoms with Gasteiger partial charge in [0.2, 0.25) is 5.91 Å². The third-order valence-electron chi connectivity index (χ3n) is 2.47. The molecule has 86 valence electrons. The fourth-order valence-electron chi connectivity index (χ4n) is 1.38. The van der Waals surface area contributed by atoms with Crippen LogP contribution in [0.3, 0.4) is 0 Å². The number of rotatable bonds is 4. The molecule has 1 rings (SSSR count). The Labute approximate surface area is 89.4 Å². The Morgan fingerprint density at radius 3 is 2.53 bits per heavy atom. The van der Waals surface area contributed by atoms with Crippen molar-refractivity contribution < 1.29 is 18.0 Å². The maximum absolute atomic E-state index is 11.3. The van der Waals surface area contributed by atoms with Crippen LogP contribution >= 0.6 is 0 Å². The van der Waals surface area contributed by atoms with Crippen LogP contribution in [0.5, 0.6) is 0 Å². The van der Waals surface area contributed by atoms with E-state index < -0.39 is 9.84 Å². The minimum atomic E-state index is -3.03. The van der Waals surface area contributed by atoms with Crippen molar-refractivity contribution in [3.8, 4) is 0 Å². The van der Waals surface area contributed by atoms with Crippen molar-refractivity contribution >= 4 is 21.5 Å². The second kappa shape index (κ2) is 4.74. The van der Waals surface area contributed by atoms with Crippen molar-refractivity contribution in [2.75, 3.05) is 24.6 Å². The zero-order chi connectivity index (χ0) is 11.5. The highest BCUT2D eigenvalue weighted by Crippen LogP contribution is 2.07. The summed E-state index contributed by atoms with van der Waals surface area (Å²) in [5.41, 5.74) is 0. The van der Waals surface area contributed by atoms with Gasteiger partial charge in [0.15, 0.2) is 9.84 Å². The van der Waals surface area contributed by atoms with Gasteiger partial charge in [0.05, 0.1) is 12.2 Å². The first-order valence-electron chi connectivity index (χ1n) is 4.94. The molecule has 1 aliphatic rings. The number of nitrogens with zero attached hydrogens (tertiary/aromatic N) is 1. The summed E-state index contributed by atoms with van der Waals surface area (Å²) >= 11 is 0. The molecule has 1 saturated heterocycles. The lowest BCUT2D eigenvalue weighted by molar-refractivity contribution is -0.139. The molecule has 0 unspecified atom stereocenters. The van der Waals surface area contributed by atoms with Crippen LogP contribution < -0.4 is 0 Å². The first-order chi connectivity index (χ1) is 6.94. The van der Waals surface area contributed by atoms with Gasteiger partial charge in [-0.2, -0.15) is 0 Å². The van der Waals surface area contributed by atoms with Gasteiger partial charge in [0.25, 0.3) is 0 Å². The van der Waals surface area contributed by atoms with E-state index in [1.807, 2.05) is 0 Å². The molecule has 0 N–H and O–H groups in total. The highest BCUT2D eigenvalue weighted by Gasteiger charge is 2.24. The van der Waals surface area contributed by atoms with E-state index >= 15 is 0 Å². The van der Waals surface area contributed by atoms with Gasteiger partial charge in [-0.25, -0.2) is 8.42 Å². The van der Waals surface area contributed by atoms with E-state index in [0.717, 1.165) is 0 Å². The van der Waals surface area contributed by atoms with Crippen molar-refractivity contribution in [2.45, 2.75) is 19.8 Å². The fourth-order valence-corrected chi connectivity index (χ4v) is 2.17. The second-order valence-electron chi connectivity index (χ2n) is 3.58. The van der Waals surface area contributed by atoms with Gasteiger partial charge in [0.1, 0.15) is 5.78 Å². The molecule has 0 saturated carbocycles. The van der Waals surface area contributed by atoms with Gasteiger partial charge in [0, 0.05) is 25.3 Å². The normalized spacial score (nSPS) is 18.3. The molecule has 5 nitrogen and oxygen atoms in total. The average Bonchev–Trinajstić information content (AvgIpc) is 2.16. The van der Waals surface area contributed by atoms with Gasteiger partial charge in [-0.3, -0.25) is 9.59 Å². The van der Waals surface area contributed by atoms with Crippen LogP contribution in [0.4, 0.5) is 0 Å². The van der Waals surface area contributed by atoms with Crippen molar-refractivity contribution in [1.29, 1.82) is 0 Å². The standard InChI is InChI=1S/C9H15NO4S/c1-2-15(13,14)6-5-10-4-3-8(11)7-9(10)12/h2-7H2,1H3. The predicted molar refractivity (Wildman–Crippen MR) is 55.1 cm³/mol. The largest absolute Gasteiger partial charge is 0.341 e. The quantitative estimate of drug-likeness (QED) is 0.620. The molecule has 15 heavy (non-hydrogen) atoms. The van der Waals surface area contributed by atoms with Crippen LogP contribution in [0, 0.1) is 0 Å². The Kier molecular flexibility index (Phi) is 3.84. The summed E-state index contributed by atoms with van der Waals surface area (Å²) in [7, 11) is -3.03. The second-order valence-corrected chi connectivity index (χ2v) is 6.06. The summed E-state index contributed by atoms with van der Waals surface area (Å²) in [4.78, 5) is 23.7. The molecular formula is C9H15NO4S. The van der Waals surface area contributed by atoms with E-state index in [1.165, 1.54) is 4.90 Å². The van der Waals surface area contributed by atoms with Crippen LogP contribution in [0.15, 0.2) is 0 Å². The lowest BCUT2D eigenvalue weighted by Gasteiger charge is -2.25. The van der Waals surface area contributed by atoms with Gasteiger partial charge in [-0.05, 0) is 0 Å². The van der Waals surface area contributed by atoms with Crippen molar-refractivity contribution in [3.05, 3.63) is 0 Å². The number of amides is 1. The number of sulfone groups is 1. The van der Waals surface area contributed by atoms with E-state index in [2.05, 4.69) is 0 Å². The SMILES string of the molecule is CCS(=O)(=O)CCN1CCC(=O)CC1=O. The summed E-state index contributed by atoms with van der Waals surface area (Å²) in [6.07, 6.45) is 0.268. The highest BCUT2D eigenvalue weighted by molar-refractivity contribution is 7.91. The first kappa shape index (κ1) is 12.2. The number of hydrogen-bond donors (Lipinski definition) is 0. The predicted octanol–water partition coefficient (Wildman–Crippen LogP) is -0.387. The van der Waals surface area contributed by atoms with Gasteiger partial charge < -0.3 is 4.90 Å². The Bertz CT molecular complexity index is 360. The van der Waals surface area contributed by atoms with Crippen molar-refractivity contribution in [3.63, 3.8) is 0 Å². The van der Waals surface area contributed by atoms with Crippen LogP contribution in [-0.2, 0) is 19.4 Å². The zero-order valence-corrected chi connectivity index (χ0v) is 9.55. The Morgan fingerprint density at radius 1 is 1.33 bits per heavy atom. The Morgan fingerprint density at radius 2 is 2.00 bits per heavy atom. The molecule has 0 bridgehead atoms. The molecule has 0 aliphatic carbocycles. The smallest absolute Gasteiger partial charge is 0.230 e. The molecular weight excluding hydrogens is 218 g/mol. The number of ketones is 1. The molecule has 1 heterocycles. The first-order valence-corrected chi connectivity index (χ1v) is 6.76. The molecule has 1 aliphatic heterocycles. The lowest BCUT2D eigenvalue weighted by Crippen LogP contribution is -2.41. The molecule has 0 aromatic heterocycles. The van der Waals surface area contributed by atoms with Crippen molar-refractivity contribution in [2.24, 2.45) is 0 Å². The fraction of sp³-hybridized carbons (Fsp3) is 0.778. The zero-order valence-electron chi connectivity index (χ0n) is 8.73. The minimum absolute atomic E-state index is 0.0105. The topological polar surface area (TPSA) is 71.5 Å². The van der Waals surface area contributed by atoms with E-state index in [-0.39, 0.29) is 36.2 Å². The van der Waals surface area contributed by atoms with E-state index in [4.69, 9.17) is 0 Å². The molecule has 1 fully saturated rings.